The van der Waals surface area contributed by atoms with E-state index in [-0.39, 0.29) is 11.8 Å². The molecule has 0 aliphatic carbocycles. The molecule has 40 heavy (non-hydrogen) atoms. The third kappa shape index (κ3) is 4.34. The van der Waals surface area contributed by atoms with Crippen molar-refractivity contribution in [1.29, 1.82) is 0 Å². The molecule has 0 spiro atoms. The lowest BCUT2D eigenvalue weighted by Crippen LogP contribution is -2.50. The van der Waals surface area contributed by atoms with Gasteiger partial charge in [0, 0.05) is 49.1 Å². The normalized spacial score (nSPS) is 13.4. The fourth-order valence-corrected chi connectivity index (χ4v) is 5.19. The summed E-state index contributed by atoms with van der Waals surface area (Å²) in [5.74, 6) is 2.51. The van der Waals surface area contributed by atoms with E-state index in [4.69, 9.17) is 28.4 Å². The van der Waals surface area contributed by atoms with Crippen LogP contribution in [0.4, 0.5) is 0 Å². The van der Waals surface area contributed by atoms with Crippen LogP contribution in [-0.2, 0) is 0 Å². The van der Waals surface area contributed by atoms with Crippen LogP contribution in [0.3, 0.4) is 0 Å². The second-order valence-corrected chi connectivity index (χ2v) is 9.16. The van der Waals surface area contributed by atoms with Crippen molar-refractivity contribution in [3.8, 4) is 34.5 Å². The van der Waals surface area contributed by atoms with Crippen molar-refractivity contribution in [3.05, 3.63) is 35.7 Å². The van der Waals surface area contributed by atoms with E-state index in [9.17, 15) is 9.59 Å². The van der Waals surface area contributed by atoms with Crippen LogP contribution in [0.2, 0.25) is 0 Å². The minimum atomic E-state index is -0.169. The number of amides is 2. The lowest BCUT2D eigenvalue weighted by atomic mass is 10.2. The molecule has 1 saturated heterocycles. The second-order valence-electron chi connectivity index (χ2n) is 9.16. The Hall–Kier alpha value is -4.74. The van der Waals surface area contributed by atoms with Gasteiger partial charge >= 0.3 is 0 Å². The number of rotatable bonds is 8. The van der Waals surface area contributed by atoms with E-state index < -0.39 is 0 Å². The van der Waals surface area contributed by atoms with Crippen molar-refractivity contribution in [2.45, 2.75) is 0 Å². The van der Waals surface area contributed by atoms with Crippen LogP contribution in [0.5, 0.6) is 34.5 Å². The summed E-state index contributed by atoms with van der Waals surface area (Å²) in [5.41, 5.74) is 2.20. The minimum absolute atomic E-state index is 0.169. The maximum atomic E-state index is 13.4. The Bertz CT molecular complexity index is 1460. The van der Waals surface area contributed by atoms with Crippen molar-refractivity contribution >= 4 is 33.6 Å². The highest BCUT2D eigenvalue weighted by molar-refractivity contribution is 6.03. The topological polar surface area (TPSA) is 128 Å². The summed E-state index contributed by atoms with van der Waals surface area (Å²) >= 11 is 0. The van der Waals surface area contributed by atoms with Gasteiger partial charge in [-0.1, -0.05) is 0 Å². The number of H-pyrrole nitrogens is 2. The molecule has 1 aliphatic rings. The van der Waals surface area contributed by atoms with Crippen molar-refractivity contribution < 1.29 is 38.0 Å². The van der Waals surface area contributed by atoms with E-state index in [0.29, 0.717) is 93.9 Å². The van der Waals surface area contributed by atoms with Gasteiger partial charge in [0.15, 0.2) is 23.0 Å². The lowest BCUT2D eigenvalue weighted by Gasteiger charge is -2.34. The molecule has 4 aromatic rings. The van der Waals surface area contributed by atoms with Crippen molar-refractivity contribution in [2.75, 3.05) is 68.8 Å². The fourth-order valence-electron chi connectivity index (χ4n) is 5.19. The monoisotopic (exact) mass is 552 g/mol. The van der Waals surface area contributed by atoms with E-state index >= 15 is 0 Å². The summed E-state index contributed by atoms with van der Waals surface area (Å²) in [6.45, 7) is 1.54. The van der Waals surface area contributed by atoms with Gasteiger partial charge in [0.25, 0.3) is 11.8 Å². The van der Waals surface area contributed by atoms with Gasteiger partial charge in [-0.05, 0) is 12.1 Å². The number of benzene rings is 2. The zero-order valence-electron chi connectivity index (χ0n) is 23.3. The third-order valence-corrected chi connectivity index (χ3v) is 7.17. The Balaban J connectivity index is 1.33. The first-order valence-electron chi connectivity index (χ1n) is 12.6. The fraction of sp³-hybridized carbons (Fsp3) is 0.357. The highest BCUT2D eigenvalue weighted by Crippen LogP contribution is 2.44. The lowest BCUT2D eigenvalue weighted by molar-refractivity contribution is 0.0530. The summed E-state index contributed by atoms with van der Waals surface area (Å²) < 4.78 is 32.9. The van der Waals surface area contributed by atoms with Gasteiger partial charge < -0.3 is 48.2 Å². The summed E-state index contributed by atoms with van der Waals surface area (Å²) in [6, 6.07) is 7.03. The Kier molecular flexibility index (Phi) is 7.24. The average Bonchev–Trinajstić information content (AvgIpc) is 3.62. The van der Waals surface area contributed by atoms with Gasteiger partial charge in [0.2, 0.25) is 11.5 Å². The Morgan fingerprint density at radius 1 is 0.550 bits per heavy atom. The number of ether oxygens (including phenoxy) is 6. The maximum Gasteiger partial charge on any atom is 0.270 e. The van der Waals surface area contributed by atoms with E-state index in [0.717, 1.165) is 0 Å². The first-order valence-corrected chi connectivity index (χ1v) is 12.6. The molecule has 2 amide bonds. The van der Waals surface area contributed by atoms with E-state index in [1.165, 1.54) is 28.4 Å². The van der Waals surface area contributed by atoms with Crippen LogP contribution in [0.25, 0.3) is 21.8 Å². The molecule has 212 valence electrons. The molecule has 12 nitrogen and oxygen atoms in total. The van der Waals surface area contributed by atoms with E-state index in [1.807, 2.05) is 0 Å². The number of carbonyl (C=O) groups excluding carboxylic acids is 2. The number of piperazine rings is 1. The SMILES string of the molecule is COc1cc2[nH]c(C(=O)N3CCN(C(=O)c4cc5c(OC)c(OC)c(OC)cc5[nH]4)CC3)cc2c(OC)c1OC. The Morgan fingerprint density at radius 2 is 0.900 bits per heavy atom. The smallest absolute Gasteiger partial charge is 0.270 e. The third-order valence-electron chi connectivity index (χ3n) is 7.17. The number of hydrogen-bond acceptors (Lipinski definition) is 8. The van der Waals surface area contributed by atoms with Crippen LogP contribution in [-0.4, -0.2) is 100 Å². The number of nitrogens with zero attached hydrogens (tertiary/aromatic N) is 2. The second kappa shape index (κ2) is 10.8. The Morgan fingerprint density at radius 3 is 1.20 bits per heavy atom. The molecular weight excluding hydrogens is 520 g/mol. The number of fused-ring (bicyclic) bond motifs is 2. The van der Waals surface area contributed by atoms with Gasteiger partial charge in [-0.2, -0.15) is 0 Å². The maximum absolute atomic E-state index is 13.4. The minimum Gasteiger partial charge on any atom is -0.493 e. The average molecular weight is 553 g/mol. The number of methoxy groups -OCH3 is 6. The molecule has 1 fully saturated rings. The molecule has 1 aliphatic heterocycles. The molecule has 0 radical (unpaired) electrons. The summed E-state index contributed by atoms with van der Waals surface area (Å²) in [5, 5.41) is 1.42. The molecule has 3 heterocycles. The van der Waals surface area contributed by atoms with Crippen molar-refractivity contribution in [1.82, 2.24) is 19.8 Å². The number of aromatic amines is 2. The Labute approximate surface area is 230 Å². The molecule has 2 aromatic carbocycles. The molecule has 12 heteroatoms. The molecule has 2 aromatic heterocycles. The molecule has 5 rings (SSSR count). The van der Waals surface area contributed by atoms with Crippen molar-refractivity contribution in [2.24, 2.45) is 0 Å². The quantitative estimate of drug-likeness (QED) is 0.341. The summed E-state index contributed by atoms with van der Waals surface area (Å²) in [4.78, 5) is 36.5. The highest BCUT2D eigenvalue weighted by Gasteiger charge is 2.29. The molecule has 0 saturated carbocycles. The molecular formula is C28H32N4O8. The predicted octanol–water partition coefficient (Wildman–Crippen LogP) is 3.30. The van der Waals surface area contributed by atoms with Crippen LogP contribution in [0.15, 0.2) is 24.3 Å². The molecule has 0 bridgehead atoms. The standard InChI is InChI=1S/C28H32N4O8/c1-35-21-13-17-15(23(37-3)25(21)39-5)11-19(29-17)27(33)31-7-9-32(10-8-31)28(34)20-12-16-18(30-20)14-22(36-2)26(40-6)24(16)38-4/h11-14,29-30H,7-10H2,1-6H3. The highest BCUT2D eigenvalue weighted by atomic mass is 16.5. The summed E-state index contributed by atoms with van der Waals surface area (Å²) in [7, 11) is 9.23. The summed E-state index contributed by atoms with van der Waals surface area (Å²) in [6.07, 6.45) is 0. The number of carbonyl (C=O) groups is 2. The van der Waals surface area contributed by atoms with Gasteiger partial charge in [0.05, 0.1) is 53.7 Å². The number of aromatic nitrogens is 2. The van der Waals surface area contributed by atoms with Crippen LogP contribution in [0.1, 0.15) is 21.0 Å². The van der Waals surface area contributed by atoms with Gasteiger partial charge in [-0.15, -0.1) is 0 Å². The van der Waals surface area contributed by atoms with Gasteiger partial charge in [-0.3, -0.25) is 9.59 Å². The molecule has 2 N–H and O–H groups in total. The van der Waals surface area contributed by atoms with Gasteiger partial charge in [0.1, 0.15) is 11.4 Å². The largest absolute Gasteiger partial charge is 0.493 e. The zero-order chi connectivity index (χ0) is 28.6. The van der Waals surface area contributed by atoms with E-state index in [1.54, 1.807) is 48.3 Å². The first kappa shape index (κ1) is 26.9. The van der Waals surface area contributed by atoms with Crippen LogP contribution in [0, 0.1) is 0 Å². The van der Waals surface area contributed by atoms with Crippen LogP contribution >= 0.6 is 0 Å². The molecule has 0 unspecified atom stereocenters. The number of nitrogens with one attached hydrogen (secondary N) is 2. The zero-order valence-corrected chi connectivity index (χ0v) is 23.3. The van der Waals surface area contributed by atoms with E-state index in [2.05, 4.69) is 9.97 Å². The molecule has 0 atom stereocenters. The van der Waals surface area contributed by atoms with Gasteiger partial charge in [-0.25, -0.2) is 0 Å². The number of hydrogen-bond donors (Lipinski definition) is 2. The van der Waals surface area contributed by atoms with Crippen LogP contribution < -0.4 is 28.4 Å². The first-order chi connectivity index (χ1) is 19.4. The van der Waals surface area contributed by atoms with Crippen molar-refractivity contribution in [3.63, 3.8) is 0 Å². The predicted molar refractivity (Wildman–Crippen MR) is 148 cm³/mol.